The molecule has 0 unspecified atom stereocenters. The number of nitro groups is 1. The molecule has 1 aromatic heterocycles. The fourth-order valence-corrected chi connectivity index (χ4v) is 2.58. The van der Waals surface area contributed by atoms with Crippen molar-refractivity contribution in [2.24, 2.45) is 0 Å². The minimum absolute atomic E-state index is 0.0879. The first kappa shape index (κ1) is 13.8. The number of aromatic nitrogens is 1. The second kappa shape index (κ2) is 5.54. The van der Waals surface area contributed by atoms with Gasteiger partial charge in [-0.3, -0.25) is 10.1 Å². The van der Waals surface area contributed by atoms with E-state index in [0.717, 1.165) is 14.6 Å². The van der Waals surface area contributed by atoms with Crippen molar-refractivity contribution in [3.63, 3.8) is 0 Å². The first-order chi connectivity index (χ1) is 8.95. The number of benzene rings is 1. The van der Waals surface area contributed by atoms with Crippen LogP contribution in [0.25, 0.3) is 0 Å². The Morgan fingerprint density at radius 2 is 2.00 bits per heavy atom. The van der Waals surface area contributed by atoms with Crippen LogP contribution in [0.5, 0.6) is 0 Å². The van der Waals surface area contributed by atoms with Crippen molar-refractivity contribution in [2.45, 2.75) is 0 Å². The molecule has 0 bridgehead atoms. The normalized spacial score (nSPS) is 10.2. The summed E-state index contributed by atoms with van der Waals surface area (Å²) in [5.41, 5.74) is 6.16. The summed E-state index contributed by atoms with van der Waals surface area (Å²) in [4.78, 5) is 14.2. The number of nitrogens with zero attached hydrogens (tertiary/aromatic N) is 2. The predicted molar refractivity (Wildman–Crippen MR) is 80.4 cm³/mol. The SMILES string of the molecule is Nc1cc([N+](=O)[O-])cc(Nc2ccc(Br)cc2Br)n1. The Labute approximate surface area is 125 Å². The van der Waals surface area contributed by atoms with Gasteiger partial charge in [-0.1, -0.05) is 15.9 Å². The Balaban J connectivity index is 2.35. The number of nitrogens with one attached hydrogen (secondary N) is 1. The van der Waals surface area contributed by atoms with Crippen molar-refractivity contribution in [3.8, 4) is 0 Å². The van der Waals surface area contributed by atoms with E-state index in [-0.39, 0.29) is 11.5 Å². The van der Waals surface area contributed by atoms with E-state index in [9.17, 15) is 10.1 Å². The minimum atomic E-state index is -0.514. The van der Waals surface area contributed by atoms with E-state index in [1.807, 2.05) is 18.2 Å². The monoisotopic (exact) mass is 386 g/mol. The lowest BCUT2D eigenvalue weighted by Gasteiger charge is -2.08. The molecule has 0 amide bonds. The van der Waals surface area contributed by atoms with E-state index >= 15 is 0 Å². The van der Waals surface area contributed by atoms with E-state index in [1.165, 1.54) is 12.1 Å². The zero-order valence-electron chi connectivity index (χ0n) is 9.43. The number of nitrogens with two attached hydrogens (primary N) is 1. The van der Waals surface area contributed by atoms with Crippen LogP contribution in [0.2, 0.25) is 0 Å². The van der Waals surface area contributed by atoms with Gasteiger partial charge in [0.25, 0.3) is 5.69 Å². The standard InChI is InChI=1S/C11H8Br2N4O2/c12-6-1-2-9(8(13)3-6)15-11-5-7(17(18)19)4-10(14)16-11/h1-5H,(H3,14,15,16). The quantitative estimate of drug-likeness (QED) is 0.616. The maximum absolute atomic E-state index is 10.7. The van der Waals surface area contributed by atoms with Crippen LogP contribution < -0.4 is 11.1 Å². The van der Waals surface area contributed by atoms with Gasteiger partial charge in [0.2, 0.25) is 0 Å². The summed E-state index contributed by atoms with van der Waals surface area (Å²) >= 11 is 6.73. The molecule has 1 heterocycles. The number of halogens is 2. The van der Waals surface area contributed by atoms with Crippen molar-refractivity contribution >= 4 is 54.9 Å². The smallest absolute Gasteiger partial charge is 0.276 e. The lowest BCUT2D eigenvalue weighted by Crippen LogP contribution is -2.00. The number of nitrogen functional groups attached to an aromatic ring is 1. The first-order valence-corrected chi connectivity index (χ1v) is 6.68. The van der Waals surface area contributed by atoms with E-state index in [4.69, 9.17) is 5.73 Å². The molecular formula is C11H8Br2N4O2. The third-order valence-corrected chi connectivity index (χ3v) is 3.38. The van der Waals surface area contributed by atoms with Crippen molar-refractivity contribution in [1.29, 1.82) is 0 Å². The summed E-state index contributed by atoms with van der Waals surface area (Å²) in [6.45, 7) is 0. The molecule has 19 heavy (non-hydrogen) atoms. The van der Waals surface area contributed by atoms with E-state index in [0.29, 0.717) is 5.82 Å². The predicted octanol–water partition coefficient (Wildman–Crippen LogP) is 3.84. The van der Waals surface area contributed by atoms with E-state index in [1.54, 1.807) is 0 Å². The molecule has 0 aliphatic rings. The second-order valence-electron chi connectivity index (χ2n) is 3.64. The maximum Gasteiger partial charge on any atom is 0.276 e. The number of rotatable bonds is 3. The van der Waals surface area contributed by atoms with E-state index < -0.39 is 4.92 Å². The van der Waals surface area contributed by atoms with Crippen LogP contribution in [0.3, 0.4) is 0 Å². The molecule has 98 valence electrons. The molecule has 0 aliphatic carbocycles. The third-order valence-electron chi connectivity index (χ3n) is 2.23. The molecule has 0 fully saturated rings. The van der Waals surface area contributed by atoms with Crippen LogP contribution in [0.1, 0.15) is 0 Å². The van der Waals surface area contributed by atoms with Gasteiger partial charge in [-0.15, -0.1) is 0 Å². The highest BCUT2D eigenvalue weighted by atomic mass is 79.9. The summed E-state index contributed by atoms with van der Waals surface area (Å²) in [6, 6.07) is 8.04. The average Bonchev–Trinajstić information content (AvgIpc) is 2.32. The molecule has 0 radical (unpaired) electrons. The average molecular weight is 388 g/mol. The summed E-state index contributed by atoms with van der Waals surface area (Å²) in [5.74, 6) is 0.402. The summed E-state index contributed by atoms with van der Waals surface area (Å²) in [7, 11) is 0. The highest BCUT2D eigenvalue weighted by molar-refractivity contribution is 9.11. The van der Waals surface area contributed by atoms with E-state index in [2.05, 4.69) is 42.2 Å². The highest BCUT2D eigenvalue weighted by Gasteiger charge is 2.10. The Morgan fingerprint density at radius 3 is 2.63 bits per heavy atom. The fourth-order valence-electron chi connectivity index (χ4n) is 1.44. The van der Waals surface area contributed by atoms with Crippen molar-refractivity contribution in [1.82, 2.24) is 4.98 Å². The molecular weight excluding hydrogens is 380 g/mol. The number of pyridine rings is 1. The summed E-state index contributed by atoms with van der Waals surface area (Å²) in [5, 5.41) is 13.7. The number of anilines is 3. The van der Waals surface area contributed by atoms with Gasteiger partial charge >= 0.3 is 0 Å². The largest absolute Gasteiger partial charge is 0.383 e. The van der Waals surface area contributed by atoms with Gasteiger partial charge < -0.3 is 11.1 Å². The van der Waals surface area contributed by atoms with Crippen LogP contribution >= 0.6 is 31.9 Å². The molecule has 0 atom stereocenters. The molecule has 6 nitrogen and oxygen atoms in total. The van der Waals surface area contributed by atoms with Crippen molar-refractivity contribution in [3.05, 3.63) is 49.4 Å². The van der Waals surface area contributed by atoms with Gasteiger partial charge in [-0.05, 0) is 34.1 Å². The molecule has 1 aromatic carbocycles. The Bertz CT molecular complexity index is 649. The Morgan fingerprint density at radius 1 is 1.26 bits per heavy atom. The first-order valence-electron chi connectivity index (χ1n) is 5.10. The lowest BCUT2D eigenvalue weighted by molar-refractivity contribution is -0.384. The molecule has 0 aliphatic heterocycles. The molecule has 8 heteroatoms. The van der Waals surface area contributed by atoms with Gasteiger partial charge in [0.15, 0.2) is 0 Å². The molecule has 2 aromatic rings. The molecule has 2 rings (SSSR count). The molecule has 0 saturated heterocycles. The summed E-state index contributed by atoms with van der Waals surface area (Å²) in [6.07, 6.45) is 0. The van der Waals surface area contributed by atoms with Crippen LogP contribution in [0.4, 0.5) is 23.0 Å². The maximum atomic E-state index is 10.7. The minimum Gasteiger partial charge on any atom is -0.383 e. The lowest BCUT2D eigenvalue weighted by atomic mass is 10.3. The second-order valence-corrected chi connectivity index (χ2v) is 5.41. The molecule has 0 saturated carbocycles. The number of hydrogen-bond acceptors (Lipinski definition) is 5. The van der Waals surface area contributed by atoms with Crippen LogP contribution in [-0.2, 0) is 0 Å². The topological polar surface area (TPSA) is 94.1 Å². The van der Waals surface area contributed by atoms with Gasteiger partial charge in [-0.2, -0.15) is 0 Å². The van der Waals surface area contributed by atoms with Gasteiger partial charge in [0, 0.05) is 8.95 Å². The Kier molecular flexibility index (Phi) is 4.01. The molecule has 3 N–H and O–H groups in total. The Hall–Kier alpha value is -1.67. The van der Waals surface area contributed by atoms with Gasteiger partial charge in [0.05, 0.1) is 22.7 Å². The number of hydrogen-bond donors (Lipinski definition) is 2. The zero-order valence-corrected chi connectivity index (χ0v) is 12.6. The third kappa shape index (κ3) is 3.42. The van der Waals surface area contributed by atoms with Crippen molar-refractivity contribution < 1.29 is 4.92 Å². The van der Waals surface area contributed by atoms with Crippen LogP contribution in [-0.4, -0.2) is 9.91 Å². The van der Waals surface area contributed by atoms with Crippen molar-refractivity contribution in [2.75, 3.05) is 11.1 Å². The summed E-state index contributed by atoms with van der Waals surface area (Å²) < 4.78 is 1.71. The van der Waals surface area contributed by atoms with Gasteiger partial charge in [0.1, 0.15) is 11.6 Å². The molecule has 0 spiro atoms. The van der Waals surface area contributed by atoms with Crippen LogP contribution in [0, 0.1) is 10.1 Å². The van der Waals surface area contributed by atoms with Crippen LogP contribution in [0.15, 0.2) is 39.3 Å². The highest BCUT2D eigenvalue weighted by Crippen LogP contribution is 2.29. The van der Waals surface area contributed by atoms with Gasteiger partial charge in [-0.25, -0.2) is 4.98 Å². The fraction of sp³-hybridized carbons (Fsp3) is 0. The zero-order chi connectivity index (χ0) is 14.0.